The second kappa shape index (κ2) is 7.54. The van der Waals surface area contributed by atoms with Crippen LogP contribution in [0.1, 0.15) is 19.2 Å². The topological polar surface area (TPSA) is 59.1 Å². The highest BCUT2D eigenvalue weighted by molar-refractivity contribution is 5.59. The number of aromatic nitrogens is 2. The van der Waals surface area contributed by atoms with Crippen LogP contribution in [-0.2, 0) is 11.3 Å². The lowest BCUT2D eigenvalue weighted by molar-refractivity contribution is 0.178. The highest BCUT2D eigenvalue weighted by atomic mass is 19.1. The number of methoxy groups -OCH3 is 1. The summed E-state index contributed by atoms with van der Waals surface area (Å²) in [4.78, 5) is 8.71. The lowest BCUT2D eigenvalue weighted by Gasteiger charge is -2.11. The van der Waals surface area contributed by atoms with Crippen molar-refractivity contribution in [3.05, 3.63) is 42.0 Å². The van der Waals surface area contributed by atoms with Crippen LogP contribution in [0, 0.1) is 5.82 Å². The fourth-order valence-corrected chi connectivity index (χ4v) is 1.81. The average Bonchev–Trinajstić information content (AvgIpc) is 2.45. The summed E-state index contributed by atoms with van der Waals surface area (Å²) in [7, 11) is 1.59. The summed E-state index contributed by atoms with van der Waals surface area (Å²) in [5.74, 6) is 1.59. The molecular formula is C15H19FN4O. The summed E-state index contributed by atoms with van der Waals surface area (Å²) < 4.78 is 18.3. The average molecular weight is 290 g/mol. The molecule has 21 heavy (non-hydrogen) atoms. The molecule has 2 aromatic rings. The molecule has 0 aliphatic rings. The van der Waals surface area contributed by atoms with Gasteiger partial charge in [-0.3, -0.25) is 0 Å². The molecule has 0 saturated carbocycles. The van der Waals surface area contributed by atoms with Crippen molar-refractivity contribution in [3.63, 3.8) is 0 Å². The zero-order chi connectivity index (χ0) is 15.1. The van der Waals surface area contributed by atoms with E-state index in [1.54, 1.807) is 25.3 Å². The summed E-state index contributed by atoms with van der Waals surface area (Å²) in [5, 5.41) is 6.28. The maximum atomic E-state index is 13.2. The number of halogens is 1. The van der Waals surface area contributed by atoms with Gasteiger partial charge in [0.05, 0.1) is 0 Å². The van der Waals surface area contributed by atoms with Gasteiger partial charge in [0.2, 0.25) is 0 Å². The molecule has 0 radical (unpaired) electrons. The van der Waals surface area contributed by atoms with E-state index in [1.165, 1.54) is 12.1 Å². The van der Waals surface area contributed by atoms with Crippen LogP contribution < -0.4 is 10.6 Å². The Morgan fingerprint density at radius 3 is 2.71 bits per heavy atom. The van der Waals surface area contributed by atoms with Crippen LogP contribution in [0.5, 0.6) is 0 Å². The summed E-state index contributed by atoms with van der Waals surface area (Å²) in [6.07, 6.45) is 0.996. The lowest BCUT2D eigenvalue weighted by atomic mass is 10.3. The van der Waals surface area contributed by atoms with E-state index in [1.807, 2.05) is 0 Å². The van der Waals surface area contributed by atoms with E-state index in [2.05, 4.69) is 27.5 Å². The number of benzene rings is 1. The second-order valence-corrected chi connectivity index (χ2v) is 4.55. The predicted octanol–water partition coefficient (Wildman–Crippen LogP) is 3.33. The molecule has 6 heteroatoms. The van der Waals surface area contributed by atoms with Crippen LogP contribution >= 0.6 is 0 Å². The molecule has 0 aliphatic carbocycles. The van der Waals surface area contributed by atoms with Gasteiger partial charge in [0.1, 0.15) is 24.1 Å². The normalized spacial score (nSPS) is 10.4. The molecule has 0 unspecified atom stereocenters. The third-order valence-corrected chi connectivity index (χ3v) is 2.70. The summed E-state index contributed by atoms with van der Waals surface area (Å²) >= 11 is 0. The first kappa shape index (κ1) is 15.2. The Kier molecular flexibility index (Phi) is 5.45. The number of ether oxygens (including phenoxy) is 1. The first-order chi connectivity index (χ1) is 10.2. The van der Waals surface area contributed by atoms with Gasteiger partial charge in [-0.05, 0) is 24.6 Å². The van der Waals surface area contributed by atoms with Gasteiger partial charge in [-0.2, -0.15) is 0 Å². The van der Waals surface area contributed by atoms with Crippen molar-refractivity contribution < 1.29 is 9.13 Å². The molecule has 5 nitrogen and oxygen atoms in total. The predicted molar refractivity (Wildman–Crippen MR) is 81.2 cm³/mol. The van der Waals surface area contributed by atoms with E-state index >= 15 is 0 Å². The van der Waals surface area contributed by atoms with Gasteiger partial charge in [-0.15, -0.1) is 0 Å². The number of hydrogen-bond donors (Lipinski definition) is 2. The zero-order valence-electron chi connectivity index (χ0n) is 12.2. The Bertz CT molecular complexity index is 592. The van der Waals surface area contributed by atoms with E-state index in [0.717, 1.165) is 18.8 Å². The Morgan fingerprint density at radius 1 is 1.19 bits per heavy atom. The van der Waals surface area contributed by atoms with Crippen molar-refractivity contribution in [2.24, 2.45) is 0 Å². The maximum absolute atomic E-state index is 13.2. The molecule has 2 rings (SSSR count). The van der Waals surface area contributed by atoms with Crippen LogP contribution in [-0.4, -0.2) is 23.6 Å². The van der Waals surface area contributed by atoms with Crippen molar-refractivity contribution in [2.45, 2.75) is 20.0 Å². The van der Waals surface area contributed by atoms with Crippen molar-refractivity contribution >= 4 is 17.3 Å². The summed E-state index contributed by atoms with van der Waals surface area (Å²) in [6.45, 7) is 3.22. The fourth-order valence-electron chi connectivity index (χ4n) is 1.81. The molecule has 0 saturated heterocycles. The largest absolute Gasteiger partial charge is 0.377 e. The van der Waals surface area contributed by atoms with Crippen molar-refractivity contribution in [3.8, 4) is 0 Å². The Labute approximate surface area is 123 Å². The van der Waals surface area contributed by atoms with E-state index in [0.29, 0.717) is 23.9 Å². The molecule has 0 spiro atoms. The van der Waals surface area contributed by atoms with Crippen molar-refractivity contribution in [1.29, 1.82) is 0 Å². The third-order valence-electron chi connectivity index (χ3n) is 2.70. The number of rotatable bonds is 7. The first-order valence-electron chi connectivity index (χ1n) is 6.84. The van der Waals surface area contributed by atoms with Gasteiger partial charge in [0, 0.05) is 25.4 Å². The molecule has 0 aliphatic heterocycles. The monoisotopic (exact) mass is 290 g/mol. The molecule has 1 heterocycles. The van der Waals surface area contributed by atoms with Gasteiger partial charge >= 0.3 is 0 Å². The zero-order valence-corrected chi connectivity index (χ0v) is 12.2. The number of anilines is 3. The number of nitrogens with zero attached hydrogens (tertiary/aromatic N) is 2. The Balaban J connectivity index is 2.22. The van der Waals surface area contributed by atoms with Gasteiger partial charge in [-0.1, -0.05) is 13.0 Å². The minimum absolute atomic E-state index is 0.296. The minimum Gasteiger partial charge on any atom is -0.377 e. The molecule has 2 N–H and O–H groups in total. The van der Waals surface area contributed by atoms with Crippen LogP contribution in [0.15, 0.2) is 30.3 Å². The molecule has 0 amide bonds. The molecule has 1 aromatic heterocycles. The van der Waals surface area contributed by atoms with Gasteiger partial charge in [-0.25, -0.2) is 14.4 Å². The van der Waals surface area contributed by atoms with Gasteiger partial charge in [0.15, 0.2) is 5.82 Å². The van der Waals surface area contributed by atoms with Crippen molar-refractivity contribution in [2.75, 3.05) is 24.3 Å². The lowest BCUT2D eigenvalue weighted by Crippen LogP contribution is -2.07. The summed E-state index contributed by atoms with van der Waals surface area (Å²) in [6, 6.07) is 8.03. The standard InChI is InChI=1S/C15H19FN4O/c1-3-7-17-13-9-14(20-15(19-13)10-21-2)18-12-6-4-5-11(16)8-12/h4-6,8-9H,3,7,10H2,1-2H3,(H2,17,18,19,20). The van der Waals surface area contributed by atoms with Gasteiger partial charge in [0.25, 0.3) is 0 Å². The Morgan fingerprint density at radius 2 is 2.00 bits per heavy atom. The van der Waals surface area contributed by atoms with Crippen LogP contribution in [0.25, 0.3) is 0 Å². The molecule has 0 atom stereocenters. The second-order valence-electron chi connectivity index (χ2n) is 4.55. The molecule has 112 valence electrons. The number of hydrogen-bond acceptors (Lipinski definition) is 5. The highest BCUT2D eigenvalue weighted by Gasteiger charge is 2.05. The van der Waals surface area contributed by atoms with Crippen LogP contribution in [0.4, 0.5) is 21.7 Å². The smallest absolute Gasteiger partial charge is 0.158 e. The highest BCUT2D eigenvalue weighted by Crippen LogP contribution is 2.18. The molecule has 0 fully saturated rings. The van der Waals surface area contributed by atoms with Crippen LogP contribution in [0.2, 0.25) is 0 Å². The van der Waals surface area contributed by atoms with E-state index in [9.17, 15) is 4.39 Å². The first-order valence-corrected chi connectivity index (χ1v) is 6.84. The Hall–Kier alpha value is -2.21. The van der Waals surface area contributed by atoms with E-state index in [4.69, 9.17) is 4.74 Å². The van der Waals surface area contributed by atoms with E-state index in [-0.39, 0.29) is 5.82 Å². The third kappa shape index (κ3) is 4.68. The minimum atomic E-state index is -0.296. The fraction of sp³-hybridized carbons (Fsp3) is 0.333. The molecule has 0 bridgehead atoms. The van der Waals surface area contributed by atoms with Crippen molar-refractivity contribution in [1.82, 2.24) is 9.97 Å². The molecular weight excluding hydrogens is 271 g/mol. The summed E-state index contributed by atoms with van der Waals surface area (Å²) in [5.41, 5.74) is 0.638. The SMILES string of the molecule is CCCNc1cc(Nc2cccc(F)c2)nc(COC)n1. The molecule has 1 aromatic carbocycles. The number of nitrogens with one attached hydrogen (secondary N) is 2. The van der Waals surface area contributed by atoms with E-state index < -0.39 is 0 Å². The van der Waals surface area contributed by atoms with Gasteiger partial charge < -0.3 is 15.4 Å². The maximum Gasteiger partial charge on any atom is 0.158 e. The van der Waals surface area contributed by atoms with Crippen LogP contribution in [0.3, 0.4) is 0 Å². The quantitative estimate of drug-likeness (QED) is 0.819.